The van der Waals surface area contributed by atoms with Crippen LogP contribution in [0.5, 0.6) is 11.5 Å². The number of methoxy groups -OCH3 is 1. The summed E-state index contributed by atoms with van der Waals surface area (Å²) < 4.78 is 13.9. The van der Waals surface area contributed by atoms with E-state index < -0.39 is 0 Å². The van der Waals surface area contributed by atoms with Crippen LogP contribution in [0.15, 0.2) is 55.1 Å². The summed E-state index contributed by atoms with van der Waals surface area (Å²) in [6, 6.07) is 14.3. The van der Waals surface area contributed by atoms with Gasteiger partial charge in [0.15, 0.2) is 11.5 Å². The van der Waals surface area contributed by atoms with Gasteiger partial charge in [-0.3, -0.25) is 0 Å². The first-order chi connectivity index (χ1) is 13.1. The van der Waals surface area contributed by atoms with Crippen molar-refractivity contribution in [3.63, 3.8) is 0 Å². The molecule has 0 saturated heterocycles. The highest BCUT2D eigenvalue weighted by Crippen LogP contribution is 2.29. The molecule has 3 aromatic rings. The number of benzene rings is 2. The standard InChI is InChI=1S/C23H28N2O2/c1-5-8-18-11-12-21(22(15-18)26-4)27-16-23-24-19-9-6-7-10-20(19)25(23)14-13-17(2)3/h5-7,9-12,15,17H,1,8,13-14,16H2,2-4H3. The maximum absolute atomic E-state index is 6.09. The Bertz CT molecular complexity index is 912. The van der Waals surface area contributed by atoms with Gasteiger partial charge in [-0.25, -0.2) is 4.98 Å². The molecule has 0 atom stereocenters. The zero-order valence-corrected chi connectivity index (χ0v) is 16.4. The fourth-order valence-electron chi connectivity index (χ4n) is 3.14. The molecule has 0 radical (unpaired) electrons. The Kier molecular flexibility index (Phi) is 6.17. The molecule has 3 rings (SSSR count). The van der Waals surface area contributed by atoms with E-state index in [1.807, 2.05) is 30.3 Å². The molecule has 0 spiro atoms. The van der Waals surface area contributed by atoms with Gasteiger partial charge in [0.1, 0.15) is 12.4 Å². The average molecular weight is 364 g/mol. The van der Waals surface area contributed by atoms with Crippen LogP contribution >= 0.6 is 0 Å². The number of fused-ring (bicyclic) bond motifs is 1. The maximum atomic E-state index is 6.09. The first-order valence-electron chi connectivity index (χ1n) is 9.47. The number of rotatable bonds is 9. The van der Waals surface area contributed by atoms with E-state index in [4.69, 9.17) is 14.5 Å². The molecule has 0 saturated carbocycles. The Labute approximate surface area is 161 Å². The molecule has 142 valence electrons. The predicted molar refractivity (Wildman–Crippen MR) is 110 cm³/mol. The lowest BCUT2D eigenvalue weighted by Crippen LogP contribution is -2.09. The second-order valence-corrected chi connectivity index (χ2v) is 7.12. The third-order valence-electron chi connectivity index (χ3n) is 4.63. The molecule has 1 aromatic heterocycles. The van der Waals surface area contributed by atoms with Crippen molar-refractivity contribution in [3.05, 3.63) is 66.5 Å². The van der Waals surface area contributed by atoms with Crippen LogP contribution in [0.4, 0.5) is 0 Å². The zero-order valence-electron chi connectivity index (χ0n) is 16.4. The Hall–Kier alpha value is -2.75. The minimum Gasteiger partial charge on any atom is -0.493 e. The van der Waals surface area contributed by atoms with Gasteiger partial charge in [0, 0.05) is 6.54 Å². The van der Waals surface area contributed by atoms with Gasteiger partial charge < -0.3 is 14.0 Å². The first kappa shape index (κ1) is 19.0. The summed E-state index contributed by atoms with van der Waals surface area (Å²) in [5, 5.41) is 0. The van der Waals surface area contributed by atoms with Crippen molar-refractivity contribution in [2.45, 2.75) is 39.8 Å². The van der Waals surface area contributed by atoms with Gasteiger partial charge in [-0.2, -0.15) is 0 Å². The molecule has 1 heterocycles. The van der Waals surface area contributed by atoms with Crippen LogP contribution in [0.1, 0.15) is 31.7 Å². The van der Waals surface area contributed by atoms with E-state index in [9.17, 15) is 0 Å². The quantitative estimate of drug-likeness (QED) is 0.477. The van der Waals surface area contributed by atoms with E-state index in [0.29, 0.717) is 12.5 Å². The summed E-state index contributed by atoms with van der Waals surface area (Å²) in [4.78, 5) is 4.79. The smallest absolute Gasteiger partial charge is 0.161 e. The van der Waals surface area contributed by atoms with Gasteiger partial charge in [-0.15, -0.1) is 6.58 Å². The van der Waals surface area contributed by atoms with Gasteiger partial charge >= 0.3 is 0 Å². The topological polar surface area (TPSA) is 36.3 Å². The highest BCUT2D eigenvalue weighted by Gasteiger charge is 2.13. The SMILES string of the molecule is C=CCc1ccc(OCc2nc3ccccc3n2CCC(C)C)c(OC)c1. The summed E-state index contributed by atoms with van der Waals surface area (Å²) in [6.45, 7) is 9.61. The third-order valence-corrected chi connectivity index (χ3v) is 4.63. The monoisotopic (exact) mass is 364 g/mol. The molecular weight excluding hydrogens is 336 g/mol. The predicted octanol–water partition coefficient (Wildman–Crippen LogP) is 5.40. The molecule has 0 unspecified atom stereocenters. The first-order valence-corrected chi connectivity index (χ1v) is 9.47. The van der Waals surface area contributed by atoms with E-state index in [-0.39, 0.29) is 0 Å². The summed E-state index contributed by atoms with van der Waals surface area (Å²) in [7, 11) is 1.66. The van der Waals surface area contributed by atoms with Crippen molar-refractivity contribution in [2.75, 3.05) is 7.11 Å². The van der Waals surface area contributed by atoms with Crippen LogP contribution in [0.2, 0.25) is 0 Å². The molecule has 0 bridgehead atoms. The Morgan fingerprint density at radius 1 is 1.15 bits per heavy atom. The molecule has 27 heavy (non-hydrogen) atoms. The van der Waals surface area contributed by atoms with Crippen molar-refractivity contribution in [1.29, 1.82) is 0 Å². The minimum absolute atomic E-state index is 0.407. The molecular formula is C23H28N2O2. The normalized spacial score (nSPS) is 11.1. The van der Waals surface area contributed by atoms with Gasteiger partial charge in [0.25, 0.3) is 0 Å². The van der Waals surface area contributed by atoms with Gasteiger partial charge in [0.2, 0.25) is 0 Å². The number of aryl methyl sites for hydroxylation is 1. The number of allylic oxidation sites excluding steroid dienone is 1. The summed E-state index contributed by atoms with van der Waals surface area (Å²) in [6.07, 6.45) is 3.79. The van der Waals surface area contributed by atoms with Gasteiger partial charge in [0.05, 0.1) is 18.1 Å². The molecule has 0 aliphatic carbocycles. The highest BCUT2D eigenvalue weighted by molar-refractivity contribution is 5.75. The number of hydrogen-bond acceptors (Lipinski definition) is 3. The van der Waals surface area contributed by atoms with Gasteiger partial charge in [-0.1, -0.05) is 38.1 Å². The molecule has 4 nitrogen and oxygen atoms in total. The van der Waals surface area contributed by atoms with Crippen molar-refractivity contribution in [2.24, 2.45) is 5.92 Å². The van der Waals surface area contributed by atoms with Crippen LogP contribution in [0.25, 0.3) is 11.0 Å². The van der Waals surface area contributed by atoms with E-state index in [0.717, 1.165) is 53.3 Å². The molecule has 0 N–H and O–H groups in total. The van der Waals surface area contributed by atoms with E-state index in [1.165, 1.54) is 0 Å². The number of ether oxygens (including phenoxy) is 2. The Balaban J connectivity index is 1.84. The molecule has 0 fully saturated rings. The minimum atomic E-state index is 0.407. The highest BCUT2D eigenvalue weighted by atomic mass is 16.5. The van der Waals surface area contributed by atoms with Crippen molar-refractivity contribution in [1.82, 2.24) is 9.55 Å². The van der Waals surface area contributed by atoms with Crippen LogP contribution in [0, 0.1) is 5.92 Å². The van der Waals surface area contributed by atoms with Crippen molar-refractivity contribution >= 4 is 11.0 Å². The second kappa shape index (κ2) is 8.76. The maximum Gasteiger partial charge on any atom is 0.161 e. The van der Waals surface area contributed by atoms with E-state index >= 15 is 0 Å². The van der Waals surface area contributed by atoms with Crippen LogP contribution in [-0.4, -0.2) is 16.7 Å². The molecule has 2 aromatic carbocycles. The Morgan fingerprint density at radius 3 is 2.70 bits per heavy atom. The number of nitrogens with zero attached hydrogens (tertiary/aromatic N) is 2. The van der Waals surface area contributed by atoms with Crippen LogP contribution < -0.4 is 9.47 Å². The summed E-state index contributed by atoms with van der Waals surface area (Å²) in [5.41, 5.74) is 3.32. The summed E-state index contributed by atoms with van der Waals surface area (Å²) in [5.74, 6) is 3.04. The zero-order chi connectivity index (χ0) is 19.2. The molecule has 0 aliphatic heterocycles. The largest absolute Gasteiger partial charge is 0.493 e. The van der Waals surface area contributed by atoms with Crippen LogP contribution in [0.3, 0.4) is 0 Å². The average Bonchev–Trinajstić information content (AvgIpc) is 3.03. The number of para-hydroxylation sites is 2. The molecule has 0 amide bonds. The number of imidazole rings is 1. The van der Waals surface area contributed by atoms with Crippen LogP contribution in [-0.2, 0) is 19.6 Å². The third kappa shape index (κ3) is 4.51. The second-order valence-electron chi connectivity index (χ2n) is 7.12. The lowest BCUT2D eigenvalue weighted by atomic mass is 10.1. The Morgan fingerprint density at radius 2 is 1.96 bits per heavy atom. The van der Waals surface area contributed by atoms with Crippen molar-refractivity contribution in [3.8, 4) is 11.5 Å². The summed E-state index contributed by atoms with van der Waals surface area (Å²) >= 11 is 0. The van der Waals surface area contributed by atoms with Crippen molar-refractivity contribution < 1.29 is 9.47 Å². The number of aromatic nitrogens is 2. The number of hydrogen-bond donors (Lipinski definition) is 0. The lowest BCUT2D eigenvalue weighted by Gasteiger charge is -2.14. The molecule has 4 heteroatoms. The van der Waals surface area contributed by atoms with Gasteiger partial charge in [-0.05, 0) is 48.6 Å². The molecule has 0 aliphatic rings. The fourth-order valence-corrected chi connectivity index (χ4v) is 3.14. The van der Waals surface area contributed by atoms with E-state index in [2.05, 4.69) is 43.2 Å². The fraction of sp³-hybridized carbons (Fsp3) is 0.348. The van der Waals surface area contributed by atoms with E-state index in [1.54, 1.807) is 7.11 Å². The lowest BCUT2D eigenvalue weighted by molar-refractivity contribution is 0.271.